The van der Waals surface area contributed by atoms with Gasteiger partial charge in [-0.25, -0.2) is 13.2 Å². The minimum atomic E-state index is -2.82. The smallest absolute Gasteiger partial charge is 0.286 e. The number of aryl methyl sites for hydroxylation is 1. The van der Waals surface area contributed by atoms with Gasteiger partial charge in [0.15, 0.2) is 11.6 Å². The van der Waals surface area contributed by atoms with Crippen molar-refractivity contribution in [2.75, 3.05) is 0 Å². The molecule has 0 aliphatic rings. The van der Waals surface area contributed by atoms with Crippen molar-refractivity contribution in [3.05, 3.63) is 71.5 Å². The number of aromatic nitrogens is 2. The molecule has 0 aliphatic carbocycles. The first kappa shape index (κ1) is 22.3. The summed E-state index contributed by atoms with van der Waals surface area (Å²) in [7, 11) is 0. The monoisotopic (exact) mass is 470 g/mol. The SMILES string of the molecule is CCc1cc(C#Cc2cc(C(=O)Cc3cc(F)c(=O)n(CC(F)F)c3)sc2Cl)sn1. The molecule has 0 spiro atoms. The number of alkyl halides is 2. The Morgan fingerprint density at radius 1 is 1.30 bits per heavy atom. The number of thiophene rings is 1. The molecule has 3 aromatic heterocycles. The van der Waals surface area contributed by atoms with Crippen molar-refractivity contribution in [1.29, 1.82) is 0 Å². The van der Waals surface area contributed by atoms with Crippen molar-refractivity contribution in [2.24, 2.45) is 0 Å². The maximum absolute atomic E-state index is 13.8. The molecule has 0 N–H and O–H groups in total. The van der Waals surface area contributed by atoms with Gasteiger partial charge in [0.05, 0.1) is 27.6 Å². The van der Waals surface area contributed by atoms with Crippen molar-refractivity contribution in [3.63, 3.8) is 0 Å². The van der Waals surface area contributed by atoms with Crippen LogP contribution in [-0.4, -0.2) is 21.1 Å². The summed E-state index contributed by atoms with van der Waals surface area (Å²) in [4.78, 5) is 25.2. The van der Waals surface area contributed by atoms with E-state index in [9.17, 15) is 22.8 Å². The van der Waals surface area contributed by atoms with E-state index in [2.05, 4.69) is 16.2 Å². The van der Waals surface area contributed by atoms with E-state index in [1.165, 1.54) is 17.6 Å². The molecule has 0 unspecified atom stereocenters. The average Bonchev–Trinajstić information content (AvgIpc) is 3.30. The third-order valence-corrected chi connectivity index (χ3v) is 6.14. The molecule has 0 aromatic carbocycles. The Hall–Kier alpha value is -2.41. The van der Waals surface area contributed by atoms with Gasteiger partial charge in [0.2, 0.25) is 0 Å². The zero-order chi connectivity index (χ0) is 21.8. The third kappa shape index (κ3) is 5.39. The molecule has 3 heterocycles. The fourth-order valence-electron chi connectivity index (χ4n) is 2.57. The molecule has 0 radical (unpaired) electrons. The molecule has 0 fully saturated rings. The van der Waals surface area contributed by atoms with Gasteiger partial charge in [0, 0.05) is 12.6 Å². The number of rotatable bonds is 6. The summed E-state index contributed by atoms with van der Waals surface area (Å²) in [6.45, 7) is 1.05. The second kappa shape index (κ2) is 9.60. The summed E-state index contributed by atoms with van der Waals surface area (Å²) < 4.78 is 44.1. The summed E-state index contributed by atoms with van der Waals surface area (Å²) in [5.74, 6) is 4.29. The third-order valence-electron chi connectivity index (χ3n) is 4.00. The van der Waals surface area contributed by atoms with Gasteiger partial charge in [0.1, 0.15) is 4.34 Å². The lowest BCUT2D eigenvalue weighted by Crippen LogP contribution is -2.26. The Morgan fingerprint density at radius 2 is 2.07 bits per heavy atom. The first-order valence-electron chi connectivity index (χ1n) is 8.74. The van der Waals surface area contributed by atoms with Crippen LogP contribution in [0.25, 0.3) is 0 Å². The van der Waals surface area contributed by atoms with Crippen LogP contribution in [0.4, 0.5) is 13.2 Å². The summed E-state index contributed by atoms with van der Waals surface area (Å²) >= 11 is 8.48. The number of Topliss-reactive ketones (excluding diaryl/α,β-unsaturated/α-hetero) is 1. The highest BCUT2D eigenvalue weighted by Crippen LogP contribution is 2.28. The molecule has 30 heavy (non-hydrogen) atoms. The minimum Gasteiger partial charge on any atom is -0.307 e. The van der Waals surface area contributed by atoms with Crippen LogP contribution in [0, 0.1) is 17.7 Å². The van der Waals surface area contributed by atoms with Crippen LogP contribution in [0.1, 0.15) is 38.3 Å². The molecule has 0 bridgehead atoms. The minimum absolute atomic E-state index is 0.117. The Balaban J connectivity index is 1.79. The summed E-state index contributed by atoms with van der Waals surface area (Å²) in [6.07, 6.45) is -1.21. The fourth-order valence-corrected chi connectivity index (χ4v) is 4.38. The average molecular weight is 471 g/mol. The fraction of sp³-hybridized carbons (Fsp3) is 0.250. The van der Waals surface area contributed by atoms with E-state index in [0.29, 0.717) is 19.3 Å². The van der Waals surface area contributed by atoms with Crippen molar-refractivity contribution < 1.29 is 18.0 Å². The molecule has 3 aromatic rings. The highest BCUT2D eigenvalue weighted by Gasteiger charge is 2.16. The maximum atomic E-state index is 13.8. The van der Waals surface area contributed by atoms with E-state index < -0.39 is 24.3 Å². The second-order valence-electron chi connectivity index (χ2n) is 6.23. The van der Waals surface area contributed by atoms with Crippen molar-refractivity contribution in [1.82, 2.24) is 8.94 Å². The molecule has 10 heteroatoms. The van der Waals surface area contributed by atoms with Gasteiger partial charge in [-0.15, -0.1) is 11.3 Å². The number of pyridine rings is 1. The predicted octanol–water partition coefficient (Wildman–Crippen LogP) is 4.81. The van der Waals surface area contributed by atoms with Crippen LogP contribution in [0.3, 0.4) is 0 Å². The number of hydrogen-bond donors (Lipinski definition) is 0. The van der Waals surface area contributed by atoms with Crippen LogP contribution in [0.15, 0.2) is 29.2 Å². The zero-order valence-corrected chi connectivity index (χ0v) is 17.9. The molecule has 4 nitrogen and oxygen atoms in total. The number of ketones is 1. The Labute approximate surface area is 183 Å². The summed E-state index contributed by atoms with van der Waals surface area (Å²) in [5, 5.41) is 0. The molecular formula is C20H14ClF3N2O2S2. The molecule has 0 saturated carbocycles. The normalized spacial score (nSPS) is 10.9. The lowest BCUT2D eigenvalue weighted by molar-refractivity contribution is 0.0996. The first-order chi connectivity index (χ1) is 14.3. The van der Waals surface area contributed by atoms with Gasteiger partial charge in [-0.3, -0.25) is 9.59 Å². The lowest BCUT2D eigenvalue weighted by atomic mass is 10.1. The Morgan fingerprint density at radius 3 is 2.73 bits per heavy atom. The van der Waals surface area contributed by atoms with Crippen LogP contribution < -0.4 is 5.56 Å². The topological polar surface area (TPSA) is 52.0 Å². The number of nitrogens with zero attached hydrogens (tertiary/aromatic N) is 2. The standard InChI is InChI=1S/C20H14ClF3N2O2S2/c1-2-13-8-14(30-25-13)4-3-12-7-17(29-19(12)21)16(27)6-11-5-15(22)20(28)26(9-11)10-18(23)24/h5,7-9,18H,2,6,10H2,1H3. The Bertz CT molecular complexity index is 1200. The summed E-state index contributed by atoms with van der Waals surface area (Å²) in [6, 6.07) is 4.30. The van der Waals surface area contributed by atoms with E-state index in [0.717, 1.165) is 40.6 Å². The van der Waals surface area contributed by atoms with E-state index in [4.69, 9.17) is 11.6 Å². The first-order valence-corrected chi connectivity index (χ1v) is 10.7. The largest absolute Gasteiger partial charge is 0.307 e. The molecule has 156 valence electrons. The van der Waals surface area contributed by atoms with Gasteiger partial charge in [-0.05, 0) is 47.6 Å². The van der Waals surface area contributed by atoms with Gasteiger partial charge in [0.25, 0.3) is 12.0 Å². The van der Waals surface area contributed by atoms with Crippen molar-refractivity contribution in [2.45, 2.75) is 32.7 Å². The molecule has 0 saturated heterocycles. The number of carbonyl (C=O) groups excluding carboxylic acids is 1. The molecule has 0 aliphatic heterocycles. The highest BCUT2D eigenvalue weighted by molar-refractivity contribution is 7.18. The molecule has 3 rings (SSSR count). The Kier molecular flexibility index (Phi) is 7.13. The number of carbonyl (C=O) groups is 1. The zero-order valence-electron chi connectivity index (χ0n) is 15.5. The van der Waals surface area contributed by atoms with Crippen molar-refractivity contribution in [3.8, 4) is 11.8 Å². The number of hydrogen-bond acceptors (Lipinski definition) is 5. The molecule has 0 amide bonds. The van der Waals surface area contributed by atoms with Crippen LogP contribution in [0.2, 0.25) is 4.34 Å². The predicted molar refractivity (Wildman–Crippen MR) is 111 cm³/mol. The van der Waals surface area contributed by atoms with Crippen LogP contribution in [0.5, 0.6) is 0 Å². The second-order valence-corrected chi connectivity index (χ2v) is 8.69. The van der Waals surface area contributed by atoms with Gasteiger partial charge >= 0.3 is 0 Å². The number of halogens is 4. The van der Waals surface area contributed by atoms with Gasteiger partial charge < -0.3 is 4.57 Å². The van der Waals surface area contributed by atoms with Crippen molar-refractivity contribution >= 4 is 40.3 Å². The quantitative estimate of drug-likeness (QED) is 0.383. The van der Waals surface area contributed by atoms with E-state index in [1.807, 2.05) is 13.0 Å². The van der Waals surface area contributed by atoms with Gasteiger partial charge in [-0.2, -0.15) is 4.37 Å². The maximum Gasteiger partial charge on any atom is 0.286 e. The molecule has 0 atom stereocenters. The lowest BCUT2D eigenvalue weighted by Gasteiger charge is -2.08. The van der Waals surface area contributed by atoms with E-state index >= 15 is 0 Å². The van der Waals surface area contributed by atoms with Crippen LogP contribution >= 0.6 is 34.5 Å². The highest BCUT2D eigenvalue weighted by atomic mass is 35.5. The van der Waals surface area contributed by atoms with E-state index in [1.54, 1.807) is 0 Å². The van der Waals surface area contributed by atoms with E-state index in [-0.39, 0.29) is 17.8 Å². The molecular weight excluding hydrogens is 457 g/mol. The van der Waals surface area contributed by atoms with Gasteiger partial charge in [-0.1, -0.05) is 24.4 Å². The summed E-state index contributed by atoms with van der Waals surface area (Å²) in [5.41, 5.74) is 0.381. The van der Waals surface area contributed by atoms with Crippen LogP contribution in [-0.2, 0) is 19.4 Å².